The summed E-state index contributed by atoms with van der Waals surface area (Å²) in [4.78, 5) is 10.4. The van der Waals surface area contributed by atoms with Gasteiger partial charge in [-0.15, -0.1) is 0 Å². The lowest BCUT2D eigenvalue weighted by Gasteiger charge is -2.29. The van der Waals surface area contributed by atoms with Crippen LogP contribution in [0.2, 0.25) is 0 Å². The summed E-state index contributed by atoms with van der Waals surface area (Å²) in [5.74, 6) is 0. The maximum atomic E-state index is 4.61. The number of hydrogen-bond acceptors (Lipinski definition) is 2. The molecule has 3 heterocycles. The summed E-state index contributed by atoms with van der Waals surface area (Å²) >= 11 is 0. The first kappa shape index (κ1) is 12.3. The molecular weight excluding hydrogens is 234 g/mol. The van der Waals surface area contributed by atoms with E-state index in [9.17, 15) is 0 Å². The average Bonchev–Trinajstić information content (AvgIpc) is 2.49. The van der Waals surface area contributed by atoms with Gasteiger partial charge in [-0.05, 0) is 37.1 Å². The van der Waals surface area contributed by atoms with E-state index in [0.29, 0.717) is 6.04 Å². The molecule has 0 saturated carbocycles. The number of pyridine rings is 2. The molecule has 98 valence electrons. The van der Waals surface area contributed by atoms with Gasteiger partial charge in [0.1, 0.15) is 6.04 Å². The van der Waals surface area contributed by atoms with E-state index in [2.05, 4.69) is 29.1 Å². The van der Waals surface area contributed by atoms with Crippen LogP contribution in [0.15, 0.2) is 42.9 Å². The molecule has 1 aliphatic rings. The number of hydrogen-bond donors (Lipinski definition) is 1. The lowest BCUT2D eigenvalue weighted by atomic mass is 9.97. The Morgan fingerprint density at radius 3 is 2.79 bits per heavy atom. The molecule has 0 spiro atoms. The van der Waals surface area contributed by atoms with Gasteiger partial charge in [-0.3, -0.25) is 9.97 Å². The first-order valence-electron chi connectivity index (χ1n) is 7.03. The van der Waals surface area contributed by atoms with E-state index in [1.54, 1.807) is 11.1 Å². The molecular formula is C16H20N3+. The minimum absolute atomic E-state index is 0.615. The zero-order valence-corrected chi connectivity index (χ0v) is 11.3. The molecule has 0 aromatic carbocycles. The van der Waals surface area contributed by atoms with Gasteiger partial charge in [0.05, 0.1) is 19.3 Å². The van der Waals surface area contributed by atoms with Crippen molar-refractivity contribution < 1.29 is 4.90 Å². The second-order valence-electron chi connectivity index (χ2n) is 5.36. The Kier molecular flexibility index (Phi) is 3.56. The Balaban J connectivity index is 1.83. The molecule has 0 bridgehead atoms. The molecule has 3 nitrogen and oxygen atoms in total. The number of nitrogens with one attached hydrogen (secondary N) is 1. The summed E-state index contributed by atoms with van der Waals surface area (Å²) in [5.41, 5.74) is 3.45. The molecule has 0 radical (unpaired) electrons. The van der Waals surface area contributed by atoms with Crippen LogP contribution in [0.1, 0.15) is 30.9 Å². The zero-order chi connectivity index (χ0) is 13.1. The molecule has 19 heavy (non-hydrogen) atoms. The van der Waals surface area contributed by atoms with E-state index < -0.39 is 0 Å². The summed E-state index contributed by atoms with van der Waals surface area (Å²) in [7, 11) is 2.29. The highest BCUT2D eigenvalue weighted by Gasteiger charge is 2.24. The second kappa shape index (κ2) is 5.49. The van der Waals surface area contributed by atoms with Gasteiger partial charge in [0, 0.05) is 36.1 Å². The van der Waals surface area contributed by atoms with Crippen molar-refractivity contribution in [2.75, 3.05) is 13.6 Å². The number of likely N-dealkylation sites (tertiary alicyclic amines) is 1. The van der Waals surface area contributed by atoms with Crippen LogP contribution in [-0.2, 0) is 0 Å². The summed E-state index contributed by atoms with van der Waals surface area (Å²) in [5, 5.41) is 0. The Hall–Kier alpha value is -1.74. The summed E-state index contributed by atoms with van der Waals surface area (Å²) < 4.78 is 0. The Morgan fingerprint density at radius 1 is 1.16 bits per heavy atom. The van der Waals surface area contributed by atoms with Gasteiger partial charge in [0.15, 0.2) is 0 Å². The predicted octanol–water partition coefficient (Wildman–Crippen LogP) is 1.88. The standard InChI is InChI=1S/C16H19N3/c1-19-10-3-2-6-16(19)14-7-8-15(18-12-14)13-5-4-9-17-11-13/h4-5,7-9,11-12,16H,2-3,6,10H2,1H3/p+1. The molecule has 3 heteroatoms. The molecule has 1 N–H and O–H groups in total. The van der Waals surface area contributed by atoms with Crippen LogP contribution in [0.25, 0.3) is 11.3 Å². The first-order chi connectivity index (χ1) is 9.34. The third kappa shape index (κ3) is 2.66. The van der Waals surface area contributed by atoms with Crippen LogP contribution in [-0.4, -0.2) is 23.6 Å². The number of quaternary nitrogens is 1. The van der Waals surface area contributed by atoms with Crippen LogP contribution in [0.4, 0.5) is 0 Å². The highest BCUT2D eigenvalue weighted by molar-refractivity contribution is 5.57. The summed E-state index contributed by atoms with van der Waals surface area (Å²) in [6, 6.07) is 8.96. The van der Waals surface area contributed by atoms with E-state index in [1.807, 2.05) is 24.5 Å². The minimum atomic E-state index is 0.615. The first-order valence-corrected chi connectivity index (χ1v) is 7.03. The molecule has 2 unspecified atom stereocenters. The fourth-order valence-corrected chi connectivity index (χ4v) is 2.92. The van der Waals surface area contributed by atoms with Crippen molar-refractivity contribution >= 4 is 0 Å². The van der Waals surface area contributed by atoms with Gasteiger partial charge < -0.3 is 4.90 Å². The van der Waals surface area contributed by atoms with Gasteiger partial charge in [0.25, 0.3) is 0 Å². The van der Waals surface area contributed by atoms with E-state index in [4.69, 9.17) is 0 Å². The van der Waals surface area contributed by atoms with Crippen LogP contribution < -0.4 is 4.90 Å². The quantitative estimate of drug-likeness (QED) is 0.887. The van der Waals surface area contributed by atoms with Gasteiger partial charge in [0.2, 0.25) is 0 Å². The Labute approximate surface area is 114 Å². The van der Waals surface area contributed by atoms with Crippen LogP contribution in [0, 0.1) is 0 Å². The highest BCUT2D eigenvalue weighted by atomic mass is 15.1. The summed E-state index contributed by atoms with van der Waals surface area (Å²) in [6.45, 7) is 1.27. The van der Waals surface area contributed by atoms with E-state index >= 15 is 0 Å². The Morgan fingerprint density at radius 2 is 2.11 bits per heavy atom. The zero-order valence-electron chi connectivity index (χ0n) is 11.3. The number of aromatic nitrogens is 2. The minimum Gasteiger partial charge on any atom is -0.331 e. The van der Waals surface area contributed by atoms with Crippen molar-refractivity contribution in [2.45, 2.75) is 25.3 Å². The van der Waals surface area contributed by atoms with Crippen molar-refractivity contribution in [3.8, 4) is 11.3 Å². The van der Waals surface area contributed by atoms with Crippen molar-refractivity contribution in [1.82, 2.24) is 9.97 Å². The maximum Gasteiger partial charge on any atom is 0.114 e. The summed E-state index contributed by atoms with van der Waals surface area (Å²) in [6.07, 6.45) is 9.66. The number of piperidine rings is 1. The normalized spacial score (nSPS) is 23.2. The molecule has 1 aliphatic heterocycles. The van der Waals surface area contributed by atoms with Crippen molar-refractivity contribution in [1.29, 1.82) is 0 Å². The van der Waals surface area contributed by atoms with E-state index in [-0.39, 0.29) is 0 Å². The monoisotopic (exact) mass is 254 g/mol. The molecule has 0 aliphatic carbocycles. The number of nitrogens with zero attached hydrogens (tertiary/aromatic N) is 2. The third-order valence-corrected chi connectivity index (χ3v) is 4.05. The van der Waals surface area contributed by atoms with E-state index in [1.165, 1.54) is 31.4 Å². The fraction of sp³-hybridized carbons (Fsp3) is 0.375. The Bertz CT molecular complexity index is 521. The van der Waals surface area contributed by atoms with E-state index in [0.717, 1.165) is 11.3 Å². The number of rotatable bonds is 2. The van der Waals surface area contributed by atoms with Crippen molar-refractivity contribution in [3.63, 3.8) is 0 Å². The van der Waals surface area contributed by atoms with Gasteiger partial charge in [-0.1, -0.05) is 0 Å². The molecule has 2 atom stereocenters. The molecule has 2 aromatic heterocycles. The van der Waals surface area contributed by atoms with Crippen LogP contribution in [0.5, 0.6) is 0 Å². The third-order valence-electron chi connectivity index (χ3n) is 4.05. The molecule has 3 rings (SSSR count). The SMILES string of the molecule is C[NH+]1CCCCC1c1ccc(-c2cccnc2)nc1. The van der Waals surface area contributed by atoms with Crippen molar-refractivity contribution in [2.24, 2.45) is 0 Å². The largest absolute Gasteiger partial charge is 0.331 e. The molecule has 2 aromatic rings. The van der Waals surface area contributed by atoms with Crippen LogP contribution in [0.3, 0.4) is 0 Å². The van der Waals surface area contributed by atoms with Gasteiger partial charge in [-0.25, -0.2) is 0 Å². The van der Waals surface area contributed by atoms with Gasteiger partial charge >= 0.3 is 0 Å². The fourth-order valence-electron chi connectivity index (χ4n) is 2.92. The lowest BCUT2D eigenvalue weighted by molar-refractivity contribution is -0.917. The smallest absolute Gasteiger partial charge is 0.114 e. The van der Waals surface area contributed by atoms with Crippen molar-refractivity contribution in [3.05, 3.63) is 48.4 Å². The maximum absolute atomic E-state index is 4.61. The molecule has 1 saturated heterocycles. The molecule has 0 amide bonds. The second-order valence-corrected chi connectivity index (χ2v) is 5.36. The molecule has 1 fully saturated rings. The van der Waals surface area contributed by atoms with Crippen LogP contribution >= 0.6 is 0 Å². The lowest BCUT2D eigenvalue weighted by Crippen LogP contribution is -3.10. The highest BCUT2D eigenvalue weighted by Crippen LogP contribution is 2.21. The predicted molar refractivity (Wildman–Crippen MR) is 75.8 cm³/mol. The topological polar surface area (TPSA) is 30.2 Å². The van der Waals surface area contributed by atoms with Gasteiger partial charge in [-0.2, -0.15) is 0 Å². The average molecular weight is 254 g/mol.